The van der Waals surface area contributed by atoms with Gasteiger partial charge in [0.05, 0.1) is 22.9 Å². The molecule has 1 aliphatic rings. The lowest BCUT2D eigenvalue weighted by Crippen LogP contribution is -2.44. The Labute approximate surface area is 151 Å². The van der Waals surface area contributed by atoms with Gasteiger partial charge in [0, 0.05) is 13.1 Å². The second-order valence-corrected chi connectivity index (χ2v) is 8.49. The number of halogens is 3. The van der Waals surface area contributed by atoms with Crippen LogP contribution < -0.4 is 5.32 Å². The highest BCUT2D eigenvalue weighted by Crippen LogP contribution is 2.35. The van der Waals surface area contributed by atoms with Crippen molar-refractivity contribution >= 4 is 21.6 Å². The van der Waals surface area contributed by atoms with Crippen molar-refractivity contribution in [2.24, 2.45) is 5.92 Å². The number of anilines is 1. The van der Waals surface area contributed by atoms with Crippen molar-refractivity contribution in [3.05, 3.63) is 29.8 Å². The van der Waals surface area contributed by atoms with E-state index < -0.39 is 33.6 Å². The first kappa shape index (κ1) is 20.7. The van der Waals surface area contributed by atoms with E-state index in [1.54, 1.807) is 0 Å². The van der Waals surface area contributed by atoms with Gasteiger partial charge >= 0.3 is 6.18 Å². The predicted molar refractivity (Wildman–Crippen MR) is 93.1 cm³/mol. The highest BCUT2D eigenvalue weighted by Gasteiger charge is 2.35. The normalized spacial score (nSPS) is 19.3. The van der Waals surface area contributed by atoms with Crippen LogP contribution in [0.1, 0.15) is 38.2 Å². The van der Waals surface area contributed by atoms with Gasteiger partial charge in [-0.2, -0.15) is 13.2 Å². The van der Waals surface area contributed by atoms with E-state index in [1.165, 1.54) is 22.5 Å². The van der Waals surface area contributed by atoms with Crippen LogP contribution in [-0.2, 0) is 21.0 Å². The minimum absolute atomic E-state index is 0.00602. The molecular formula is C17H23F3N2O3S. The summed E-state index contributed by atoms with van der Waals surface area (Å²) in [5.41, 5.74) is -1.23. The number of unbranched alkanes of at least 4 members (excludes halogenated alkanes) is 1. The third-order valence-electron chi connectivity index (χ3n) is 4.39. The van der Waals surface area contributed by atoms with Gasteiger partial charge in [-0.15, -0.1) is 0 Å². The molecule has 1 aromatic carbocycles. The predicted octanol–water partition coefficient (Wildman–Crippen LogP) is 3.49. The maximum atomic E-state index is 13.0. The fourth-order valence-corrected chi connectivity index (χ4v) is 4.67. The van der Waals surface area contributed by atoms with Crippen LogP contribution in [0.2, 0.25) is 0 Å². The summed E-state index contributed by atoms with van der Waals surface area (Å²) in [6.07, 6.45) is -2.35. The molecule has 9 heteroatoms. The number of hydrogen-bond acceptors (Lipinski definition) is 3. The third-order valence-corrected chi connectivity index (χ3v) is 6.32. The lowest BCUT2D eigenvalue weighted by Gasteiger charge is -2.31. The van der Waals surface area contributed by atoms with Gasteiger partial charge in [0.2, 0.25) is 15.9 Å². The summed E-state index contributed by atoms with van der Waals surface area (Å²) in [6, 6.07) is 4.76. The number of piperidine rings is 1. The summed E-state index contributed by atoms with van der Waals surface area (Å²) in [4.78, 5) is 12.4. The van der Waals surface area contributed by atoms with Gasteiger partial charge in [-0.1, -0.05) is 25.5 Å². The zero-order valence-electron chi connectivity index (χ0n) is 14.6. The summed E-state index contributed by atoms with van der Waals surface area (Å²) in [7, 11) is -3.44. The van der Waals surface area contributed by atoms with E-state index in [2.05, 4.69) is 5.32 Å². The Morgan fingerprint density at radius 3 is 2.65 bits per heavy atom. The second kappa shape index (κ2) is 8.39. The average Bonchev–Trinajstić information content (AvgIpc) is 2.59. The lowest BCUT2D eigenvalue weighted by molar-refractivity contribution is -0.137. The van der Waals surface area contributed by atoms with Crippen LogP contribution in [-0.4, -0.2) is 37.5 Å². The largest absolute Gasteiger partial charge is 0.418 e. The van der Waals surface area contributed by atoms with Crippen molar-refractivity contribution < 1.29 is 26.4 Å². The number of benzene rings is 1. The highest BCUT2D eigenvalue weighted by molar-refractivity contribution is 7.89. The molecule has 26 heavy (non-hydrogen) atoms. The maximum Gasteiger partial charge on any atom is 0.418 e. The number of amides is 1. The quantitative estimate of drug-likeness (QED) is 0.806. The lowest BCUT2D eigenvalue weighted by atomic mass is 9.98. The molecule has 1 fully saturated rings. The molecule has 2 rings (SSSR count). The fraction of sp³-hybridized carbons (Fsp3) is 0.588. The number of hydrogen-bond donors (Lipinski definition) is 1. The minimum Gasteiger partial charge on any atom is -0.325 e. The maximum absolute atomic E-state index is 13.0. The zero-order valence-corrected chi connectivity index (χ0v) is 15.4. The Balaban J connectivity index is 2.09. The Bertz CT molecular complexity index is 735. The molecule has 0 saturated carbocycles. The standard InChI is InChI=1S/C17H23F3N2O3S/c1-2-3-11-26(24,25)22-10-6-7-13(12-22)16(23)21-15-9-5-4-8-14(15)17(18,19)20/h4-5,8-9,13H,2-3,6-7,10-12H2,1H3,(H,21,23). The van der Waals surface area contributed by atoms with Crippen molar-refractivity contribution in [1.29, 1.82) is 0 Å². The van der Waals surface area contributed by atoms with Crippen molar-refractivity contribution in [3.8, 4) is 0 Å². The van der Waals surface area contributed by atoms with E-state index in [0.29, 0.717) is 25.8 Å². The highest BCUT2D eigenvalue weighted by atomic mass is 32.2. The molecule has 0 radical (unpaired) electrons. The molecule has 5 nitrogen and oxygen atoms in total. The molecule has 1 aliphatic heterocycles. The van der Waals surface area contributed by atoms with Gasteiger partial charge in [0.15, 0.2) is 0 Å². The van der Waals surface area contributed by atoms with Gasteiger partial charge in [-0.25, -0.2) is 12.7 Å². The van der Waals surface area contributed by atoms with Crippen LogP contribution in [0.15, 0.2) is 24.3 Å². The van der Waals surface area contributed by atoms with Gasteiger partial charge in [-0.05, 0) is 31.4 Å². The van der Waals surface area contributed by atoms with E-state index in [9.17, 15) is 26.4 Å². The number of nitrogens with zero attached hydrogens (tertiary/aromatic N) is 1. The number of para-hydroxylation sites is 1. The van der Waals surface area contributed by atoms with E-state index in [0.717, 1.165) is 12.5 Å². The minimum atomic E-state index is -4.58. The van der Waals surface area contributed by atoms with Gasteiger partial charge < -0.3 is 5.32 Å². The summed E-state index contributed by atoms with van der Waals surface area (Å²) in [5, 5.41) is 2.32. The molecule has 0 spiro atoms. The molecule has 1 saturated heterocycles. The van der Waals surface area contributed by atoms with Crippen LogP contribution >= 0.6 is 0 Å². The smallest absolute Gasteiger partial charge is 0.325 e. The number of nitrogens with one attached hydrogen (secondary N) is 1. The first-order valence-corrected chi connectivity index (χ1v) is 10.2. The summed E-state index contributed by atoms with van der Waals surface area (Å²) in [5.74, 6) is -1.23. The summed E-state index contributed by atoms with van der Waals surface area (Å²) >= 11 is 0. The number of carbonyl (C=O) groups excluding carboxylic acids is 1. The SMILES string of the molecule is CCCCS(=O)(=O)N1CCCC(C(=O)Nc2ccccc2C(F)(F)F)C1. The van der Waals surface area contributed by atoms with Gasteiger partial charge in [-0.3, -0.25) is 4.79 Å². The summed E-state index contributed by atoms with van der Waals surface area (Å²) < 4.78 is 65.0. The topological polar surface area (TPSA) is 66.5 Å². The summed E-state index contributed by atoms with van der Waals surface area (Å²) in [6.45, 7) is 2.24. The number of rotatable bonds is 6. The van der Waals surface area contributed by atoms with Crippen molar-refractivity contribution in [2.45, 2.75) is 38.8 Å². The number of sulfonamides is 1. The van der Waals surface area contributed by atoms with E-state index >= 15 is 0 Å². The molecule has 1 N–H and O–H groups in total. The van der Waals surface area contributed by atoms with Gasteiger partial charge in [0.25, 0.3) is 0 Å². The molecule has 1 atom stereocenters. The van der Waals surface area contributed by atoms with Crippen LogP contribution in [0.4, 0.5) is 18.9 Å². The van der Waals surface area contributed by atoms with Crippen molar-refractivity contribution in [2.75, 3.05) is 24.2 Å². The van der Waals surface area contributed by atoms with E-state index in [1.807, 2.05) is 6.92 Å². The fourth-order valence-electron chi connectivity index (χ4n) is 2.94. The molecule has 1 heterocycles. The average molecular weight is 392 g/mol. The van der Waals surface area contributed by atoms with Crippen LogP contribution in [0.25, 0.3) is 0 Å². The molecule has 1 unspecified atom stereocenters. The Morgan fingerprint density at radius 1 is 1.31 bits per heavy atom. The zero-order chi connectivity index (χ0) is 19.4. The molecule has 1 aromatic rings. The van der Waals surface area contributed by atoms with E-state index in [-0.39, 0.29) is 18.0 Å². The second-order valence-electron chi connectivity index (χ2n) is 6.40. The van der Waals surface area contributed by atoms with Crippen LogP contribution in [0, 0.1) is 5.92 Å². The first-order valence-electron chi connectivity index (χ1n) is 8.60. The Kier molecular flexibility index (Phi) is 6.68. The van der Waals surface area contributed by atoms with Crippen LogP contribution in [0.3, 0.4) is 0 Å². The van der Waals surface area contributed by atoms with Gasteiger partial charge in [0.1, 0.15) is 0 Å². The Morgan fingerprint density at radius 2 is 2.00 bits per heavy atom. The molecule has 146 valence electrons. The monoisotopic (exact) mass is 392 g/mol. The number of carbonyl (C=O) groups is 1. The molecular weight excluding hydrogens is 369 g/mol. The van der Waals surface area contributed by atoms with Crippen molar-refractivity contribution in [3.63, 3.8) is 0 Å². The third kappa shape index (κ3) is 5.20. The number of alkyl halides is 3. The van der Waals surface area contributed by atoms with Crippen LogP contribution in [0.5, 0.6) is 0 Å². The molecule has 0 aliphatic carbocycles. The van der Waals surface area contributed by atoms with Crippen molar-refractivity contribution in [1.82, 2.24) is 4.31 Å². The molecule has 0 aromatic heterocycles. The first-order chi connectivity index (χ1) is 12.1. The molecule has 0 bridgehead atoms. The Hall–Kier alpha value is -1.61. The molecule has 1 amide bonds. The van der Waals surface area contributed by atoms with E-state index in [4.69, 9.17) is 0 Å².